The van der Waals surface area contributed by atoms with Crippen LogP contribution in [0.25, 0.3) is 0 Å². The van der Waals surface area contributed by atoms with Gasteiger partial charge in [0.2, 0.25) is 6.29 Å². The van der Waals surface area contributed by atoms with Crippen molar-refractivity contribution in [2.45, 2.75) is 52.7 Å². The Morgan fingerprint density at radius 2 is 2.16 bits per heavy atom. The molecule has 1 heterocycles. The summed E-state index contributed by atoms with van der Waals surface area (Å²) in [6.45, 7) is 5.81. The second-order valence-corrected chi connectivity index (χ2v) is 6.14. The van der Waals surface area contributed by atoms with Crippen molar-refractivity contribution in [3.8, 4) is 0 Å². The lowest BCUT2D eigenvalue weighted by atomic mass is 9.61. The Kier molecular flexibility index (Phi) is 3.81. The molecule has 1 fully saturated rings. The predicted octanol–water partition coefficient (Wildman–Crippen LogP) is 2.21. The fourth-order valence-corrected chi connectivity index (χ4v) is 3.29. The van der Waals surface area contributed by atoms with Crippen LogP contribution in [0, 0.1) is 17.3 Å². The minimum absolute atomic E-state index is 0.150. The minimum Gasteiger partial charge on any atom is -0.428 e. The Hall–Kier alpha value is -1.16. The third-order valence-electron chi connectivity index (χ3n) is 5.15. The van der Waals surface area contributed by atoms with Crippen LogP contribution in [0.1, 0.15) is 46.5 Å². The quantitative estimate of drug-likeness (QED) is 0.628. The van der Waals surface area contributed by atoms with Crippen molar-refractivity contribution < 1.29 is 19.4 Å². The van der Waals surface area contributed by atoms with E-state index in [4.69, 9.17) is 4.74 Å². The molecule has 1 saturated carbocycles. The Labute approximate surface area is 113 Å². The summed E-state index contributed by atoms with van der Waals surface area (Å²) in [4.78, 5) is 23.2. The van der Waals surface area contributed by atoms with E-state index in [1.807, 2.05) is 6.92 Å². The van der Waals surface area contributed by atoms with Gasteiger partial charge >= 0.3 is 5.97 Å². The molecule has 0 radical (unpaired) electrons. The molecule has 0 bridgehead atoms. The summed E-state index contributed by atoms with van der Waals surface area (Å²) >= 11 is 0. The van der Waals surface area contributed by atoms with Crippen LogP contribution in [0.15, 0.2) is 11.1 Å². The maximum absolute atomic E-state index is 11.7. The van der Waals surface area contributed by atoms with Gasteiger partial charge < -0.3 is 14.6 Å². The van der Waals surface area contributed by atoms with Crippen LogP contribution in [0.4, 0.5) is 0 Å². The molecule has 0 spiro atoms. The van der Waals surface area contributed by atoms with Crippen molar-refractivity contribution in [3.05, 3.63) is 11.1 Å². The van der Waals surface area contributed by atoms with Gasteiger partial charge in [-0.05, 0) is 38.0 Å². The van der Waals surface area contributed by atoms with E-state index in [0.717, 1.165) is 25.5 Å². The first-order chi connectivity index (χ1) is 8.90. The normalized spacial score (nSPS) is 39.4. The molecular formula is C15H22O4. The first-order valence-corrected chi connectivity index (χ1v) is 6.95. The van der Waals surface area contributed by atoms with Gasteiger partial charge in [-0.2, -0.15) is 0 Å². The first-order valence-electron chi connectivity index (χ1n) is 6.95. The van der Waals surface area contributed by atoms with Gasteiger partial charge in [0.25, 0.3) is 0 Å². The van der Waals surface area contributed by atoms with E-state index in [9.17, 15) is 14.7 Å². The number of cyclic esters (lactones) is 1. The van der Waals surface area contributed by atoms with Crippen molar-refractivity contribution in [1.82, 2.24) is 0 Å². The third-order valence-corrected chi connectivity index (χ3v) is 5.15. The smallest absolute Gasteiger partial charge is 0.336 e. The van der Waals surface area contributed by atoms with Crippen LogP contribution in [-0.2, 0) is 14.3 Å². The van der Waals surface area contributed by atoms with Crippen LogP contribution >= 0.6 is 0 Å². The molecule has 4 heteroatoms. The molecule has 0 aromatic rings. The summed E-state index contributed by atoms with van der Waals surface area (Å²) in [5.74, 6) is 0.0417. The summed E-state index contributed by atoms with van der Waals surface area (Å²) in [7, 11) is 0. The van der Waals surface area contributed by atoms with Crippen molar-refractivity contribution in [2.24, 2.45) is 17.3 Å². The second kappa shape index (κ2) is 5.08. The average Bonchev–Trinajstić information content (AvgIpc) is 2.61. The first kappa shape index (κ1) is 14.3. The Morgan fingerprint density at radius 3 is 2.68 bits per heavy atom. The van der Waals surface area contributed by atoms with Crippen LogP contribution in [0.3, 0.4) is 0 Å². The molecule has 0 aromatic carbocycles. The second-order valence-electron chi connectivity index (χ2n) is 6.14. The fraction of sp³-hybridized carbons (Fsp3) is 0.733. The zero-order valence-electron chi connectivity index (χ0n) is 11.8. The highest BCUT2D eigenvalue weighted by atomic mass is 16.6. The highest BCUT2D eigenvalue weighted by molar-refractivity contribution is 5.92. The number of aldehydes is 1. The van der Waals surface area contributed by atoms with E-state index in [1.165, 1.54) is 0 Å². The number of hydrogen-bond acceptors (Lipinski definition) is 4. The Bertz CT molecular complexity index is 426. The molecule has 0 aromatic heterocycles. The average molecular weight is 266 g/mol. The van der Waals surface area contributed by atoms with E-state index < -0.39 is 12.3 Å². The predicted molar refractivity (Wildman–Crippen MR) is 70.1 cm³/mol. The molecule has 4 atom stereocenters. The molecule has 0 saturated heterocycles. The van der Waals surface area contributed by atoms with Gasteiger partial charge in [0.15, 0.2) is 0 Å². The lowest BCUT2D eigenvalue weighted by Gasteiger charge is -2.42. The van der Waals surface area contributed by atoms with Gasteiger partial charge in [-0.25, -0.2) is 4.79 Å². The molecule has 0 unspecified atom stereocenters. The number of rotatable bonds is 3. The number of carbonyl (C=O) groups is 2. The van der Waals surface area contributed by atoms with Crippen molar-refractivity contribution in [2.75, 3.05) is 0 Å². The van der Waals surface area contributed by atoms with E-state index in [1.54, 1.807) is 6.92 Å². The SMILES string of the molecule is CC1=C(C[C@H]2CCC[C@H](C)[C@@]2(C)C=O)C(=O)O[C@@H]1O. The van der Waals surface area contributed by atoms with Gasteiger partial charge in [-0.3, -0.25) is 0 Å². The van der Waals surface area contributed by atoms with E-state index in [-0.39, 0.29) is 11.3 Å². The standard InChI is InChI=1S/C15H22O4/c1-9-5-4-6-11(15(9,3)8-16)7-12-10(2)13(17)19-14(12)18/h8-9,11,13,17H,4-7H2,1-3H3/t9-,11+,13-,15+/m0/s1. The molecule has 106 valence electrons. The molecule has 0 amide bonds. The van der Waals surface area contributed by atoms with Crippen LogP contribution in [0.5, 0.6) is 0 Å². The minimum atomic E-state index is -1.11. The number of ether oxygens (including phenoxy) is 1. The molecule has 1 aliphatic heterocycles. The Balaban J connectivity index is 2.22. The van der Waals surface area contributed by atoms with Gasteiger partial charge in [0.05, 0.1) is 0 Å². The summed E-state index contributed by atoms with van der Waals surface area (Å²) < 4.78 is 4.81. The van der Waals surface area contributed by atoms with Crippen molar-refractivity contribution in [3.63, 3.8) is 0 Å². The van der Waals surface area contributed by atoms with Gasteiger partial charge in [0.1, 0.15) is 6.29 Å². The fourth-order valence-electron chi connectivity index (χ4n) is 3.29. The van der Waals surface area contributed by atoms with Gasteiger partial charge in [0, 0.05) is 16.6 Å². The molecule has 2 rings (SSSR count). The molecule has 4 nitrogen and oxygen atoms in total. The lowest BCUT2D eigenvalue weighted by Crippen LogP contribution is -2.39. The number of hydrogen-bond donors (Lipinski definition) is 1. The monoisotopic (exact) mass is 266 g/mol. The number of aliphatic hydroxyl groups is 1. The van der Waals surface area contributed by atoms with E-state index in [0.29, 0.717) is 23.5 Å². The number of carbonyl (C=O) groups excluding carboxylic acids is 2. The van der Waals surface area contributed by atoms with E-state index in [2.05, 4.69) is 6.92 Å². The lowest BCUT2D eigenvalue weighted by molar-refractivity contribution is -0.152. The summed E-state index contributed by atoms with van der Waals surface area (Å²) in [6, 6.07) is 0. The summed E-state index contributed by atoms with van der Waals surface area (Å²) in [5.41, 5.74) is 0.760. The third kappa shape index (κ3) is 2.34. The highest BCUT2D eigenvalue weighted by Gasteiger charge is 2.43. The molecule has 2 aliphatic rings. The maximum atomic E-state index is 11.7. The van der Waals surface area contributed by atoms with Gasteiger partial charge in [-0.1, -0.05) is 20.3 Å². The zero-order chi connectivity index (χ0) is 14.2. The maximum Gasteiger partial charge on any atom is 0.336 e. The van der Waals surface area contributed by atoms with Crippen LogP contribution in [-0.4, -0.2) is 23.7 Å². The Morgan fingerprint density at radius 1 is 1.47 bits per heavy atom. The van der Waals surface area contributed by atoms with Gasteiger partial charge in [-0.15, -0.1) is 0 Å². The molecule has 1 aliphatic carbocycles. The van der Waals surface area contributed by atoms with Crippen molar-refractivity contribution >= 4 is 12.3 Å². The number of esters is 1. The van der Waals surface area contributed by atoms with Crippen molar-refractivity contribution in [1.29, 1.82) is 0 Å². The summed E-state index contributed by atoms with van der Waals surface area (Å²) in [6.07, 6.45) is 3.55. The number of aliphatic hydroxyl groups excluding tert-OH is 1. The largest absolute Gasteiger partial charge is 0.428 e. The molecule has 1 N–H and O–H groups in total. The topological polar surface area (TPSA) is 63.6 Å². The molecular weight excluding hydrogens is 244 g/mol. The van der Waals surface area contributed by atoms with Crippen LogP contribution in [0.2, 0.25) is 0 Å². The molecule has 19 heavy (non-hydrogen) atoms. The summed E-state index contributed by atoms with van der Waals surface area (Å²) in [5, 5.41) is 9.54. The highest BCUT2D eigenvalue weighted by Crippen LogP contribution is 2.47. The zero-order valence-corrected chi connectivity index (χ0v) is 11.8. The van der Waals surface area contributed by atoms with Crippen LogP contribution < -0.4 is 0 Å². The van der Waals surface area contributed by atoms with E-state index >= 15 is 0 Å².